The zero-order chi connectivity index (χ0) is 37.2. The van der Waals surface area contributed by atoms with Gasteiger partial charge in [-0.1, -0.05) is 44.2 Å². The number of nitrogens with zero attached hydrogens (tertiary/aromatic N) is 1. The molecule has 0 fully saturated rings. The normalized spacial score (nSPS) is 13.5. The van der Waals surface area contributed by atoms with Gasteiger partial charge in [-0.05, 0) is 86.2 Å². The number of benzene rings is 2. The van der Waals surface area contributed by atoms with Crippen LogP contribution in [-0.2, 0) is 31.6 Å². The van der Waals surface area contributed by atoms with E-state index < -0.39 is 45.5 Å². The fourth-order valence-electron chi connectivity index (χ4n) is 5.18. The molecule has 3 aromatic rings. The molecule has 4 amide bonds. The maximum atomic E-state index is 13.9. The van der Waals surface area contributed by atoms with Crippen LogP contribution in [0.5, 0.6) is 0 Å². The second kappa shape index (κ2) is 17.6. The van der Waals surface area contributed by atoms with Crippen molar-refractivity contribution >= 4 is 50.7 Å². The monoisotopic (exact) mass is 726 g/mol. The summed E-state index contributed by atoms with van der Waals surface area (Å²) < 4.78 is 26.0. The summed E-state index contributed by atoms with van der Waals surface area (Å²) >= 11 is 1.52. The third kappa shape index (κ3) is 11.4. The van der Waals surface area contributed by atoms with Gasteiger partial charge in [0.1, 0.15) is 6.04 Å². The first-order valence-corrected chi connectivity index (χ1v) is 19.3. The molecule has 0 radical (unpaired) electrons. The fourth-order valence-corrected chi connectivity index (χ4v) is 6.34. The molecule has 272 valence electrons. The smallest absolute Gasteiger partial charge is 0.252 e. The van der Waals surface area contributed by atoms with Gasteiger partial charge in [0.05, 0.1) is 23.5 Å². The van der Waals surface area contributed by atoms with E-state index in [9.17, 15) is 27.6 Å². The van der Waals surface area contributed by atoms with Crippen molar-refractivity contribution in [2.24, 2.45) is 5.92 Å². The van der Waals surface area contributed by atoms with E-state index >= 15 is 0 Å². The van der Waals surface area contributed by atoms with Gasteiger partial charge < -0.3 is 26.6 Å². The predicted molar refractivity (Wildman–Crippen MR) is 199 cm³/mol. The molecule has 0 aliphatic heterocycles. The van der Waals surface area contributed by atoms with Crippen molar-refractivity contribution in [3.63, 3.8) is 0 Å². The molecule has 0 aliphatic rings. The van der Waals surface area contributed by atoms with Crippen molar-refractivity contribution in [3.8, 4) is 0 Å². The Balaban J connectivity index is 1.87. The van der Waals surface area contributed by atoms with E-state index in [1.54, 1.807) is 6.92 Å². The van der Waals surface area contributed by atoms with Gasteiger partial charge in [0.15, 0.2) is 0 Å². The van der Waals surface area contributed by atoms with Gasteiger partial charge in [0.25, 0.3) is 11.8 Å². The lowest BCUT2D eigenvalue weighted by atomic mass is 9.93. The summed E-state index contributed by atoms with van der Waals surface area (Å²) in [4.78, 5) is 53.1. The van der Waals surface area contributed by atoms with Gasteiger partial charge in [0.2, 0.25) is 21.8 Å². The van der Waals surface area contributed by atoms with E-state index in [2.05, 4.69) is 26.6 Å². The highest BCUT2D eigenvalue weighted by atomic mass is 32.2. The molecule has 3 rings (SSSR count). The van der Waals surface area contributed by atoms with E-state index in [4.69, 9.17) is 0 Å². The van der Waals surface area contributed by atoms with E-state index in [-0.39, 0.29) is 41.1 Å². The van der Waals surface area contributed by atoms with Gasteiger partial charge in [-0.3, -0.25) is 23.5 Å². The molecular weight excluding hydrogens is 677 g/mol. The van der Waals surface area contributed by atoms with Crippen LogP contribution in [0.2, 0.25) is 0 Å². The highest BCUT2D eigenvalue weighted by molar-refractivity contribution is 7.92. The zero-order valence-electron chi connectivity index (χ0n) is 30.0. The van der Waals surface area contributed by atoms with Crippen LogP contribution in [0.3, 0.4) is 0 Å². The molecule has 0 aliphatic carbocycles. The Labute approximate surface area is 299 Å². The lowest BCUT2D eigenvalue weighted by Gasteiger charge is -2.27. The van der Waals surface area contributed by atoms with Crippen molar-refractivity contribution in [2.75, 3.05) is 30.7 Å². The number of thiophene rings is 1. The standard InChI is InChI=1S/C36H50N6O6S2/c1-9-37-35(46)31(23(2)3)40-32(43)24(4)38-21-29(17-25-15-16-49-22-25)39-33(44)26-18-27(20-30(19-26)42(7)50(8,47)48)34(45)41-36(5,6)28-13-11-10-12-14-28/h10-16,18-20,22-24,29,31,38H,9,17,21H2,1-8H3,(H,37,46)(H,39,44)(H,40,43)(H,41,45)/t24-,29-,31-/m0/s1. The van der Waals surface area contributed by atoms with E-state index in [0.717, 1.165) is 21.7 Å². The van der Waals surface area contributed by atoms with Gasteiger partial charge in [-0.25, -0.2) is 8.42 Å². The summed E-state index contributed by atoms with van der Waals surface area (Å²) in [6.45, 7) is 11.6. The van der Waals surface area contributed by atoms with E-state index in [1.165, 1.54) is 36.6 Å². The Morgan fingerprint density at radius 3 is 2.10 bits per heavy atom. The minimum absolute atomic E-state index is 0.0866. The van der Waals surface area contributed by atoms with Crippen LogP contribution in [-0.4, -0.2) is 76.6 Å². The Kier molecular flexibility index (Phi) is 14.1. The molecule has 0 saturated carbocycles. The Bertz CT molecular complexity index is 1730. The van der Waals surface area contributed by atoms with Crippen LogP contribution in [0.4, 0.5) is 5.69 Å². The number of likely N-dealkylation sites (N-methyl/N-ethyl adjacent to an activating group) is 1. The molecule has 3 atom stereocenters. The molecule has 2 aromatic carbocycles. The highest BCUT2D eigenvalue weighted by Gasteiger charge is 2.28. The fraction of sp³-hybridized carbons (Fsp3) is 0.444. The van der Waals surface area contributed by atoms with Crippen LogP contribution in [0.1, 0.15) is 73.4 Å². The highest BCUT2D eigenvalue weighted by Crippen LogP contribution is 2.24. The predicted octanol–water partition coefficient (Wildman–Crippen LogP) is 3.41. The quantitative estimate of drug-likeness (QED) is 0.142. The lowest BCUT2D eigenvalue weighted by molar-refractivity contribution is -0.130. The maximum Gasteiger partial charge on any atom is 0.252 e. The van der Waals surface area contributed by atoms with Crippen molar-refractivity contribution < 1.29 is 27.6 Å². The SMILES string of the molecule is CCNC(=O)[C@@H](NC(=O)[C@H](C)NC[C@H](Cc1ccsc1)NC(=O)c1cc(C(=O)NC(C)(C)c2ccccc2)cc(N(C)S(C)(=O)=O)c1)C(C)C. The second-order valence-corrected chi connectivity index (χ2v) is 16.0. The largest absolute Gasteiger partial charge is 0.355 e. The van der Waals surface area contributed by atoms with Gasteiger partial charge in [0, 0.05) is 37.3 Å². The van der Waals surface area contributed by atoms with Gasteiger partial charge in [-0.15, -0.1) is 0 Å². The summed E-state index contributed by atoms with van der Waals surface area (Å²) in [7, 11) is -2.37. The number of hydrogen-bond donors (Lipinski definition) is 5. The molecule has 12 nitrogen and oxygen atoms in total. The molecule has 14 heteroatoms. The summed E-state index contributed by atoms with van der Waals surface area (Å²) in [5, 5.41) is 18.7. The van der Waals surface area contributed by atoms with Crippen LogP contribution >= 0.6 is 11.3 Å². The summed E-state index contributed by atoms with van der Waals surface area (Å²) in [6.07, 6.45) is 1.48. The second-order valence-electron chi connectivity index (χ2n) is 13.2. The third-order valence-electron chi connectivity index (χ3n) is 8.28. The van der Waals surface area contributed by atoms with Crippen molar-refractivity contribution in [3.05, 3.63) is 87.6 Å². The summed E-state index contributed by atoms with van der Waals surface area (Å²) in [5.41, 5.74) is 1.41. The van der Waals surface area contributed by atoms with Crippen molar-refractivity contribution in [1.82, 2.24) is 26.6 Å². The first-order chi connectivity index (χ1) is 23.4. The summed E-state index contributed by atoms with van der Waals surface area (Å²) in [6, 6.07) is 13.8. The number of rotatable bonds is 17. The van der Waals surface area contributed by atoms with Crippen LogP contribution < -0.4 is 30.9 Å². The van der Waals surface area contributed by atoms with Gasteiger partial charge in [-0.2, -0.15) is 11.3 Å². The number of hydrogen-bond acceptors (Lipinski definition) is 8. The molecule has 0 saturated heterocycles. The molecule has 0 unspecified atom stereocenters. The van der Waals surface area contributed by atoms with E-state index in [1.807, 2.05) is 81.8 Å². The maximum absolute atomic E-state index is 13.9. The molecular formula is C36H50N6O6S2. The number of anilines is 1. The first kappa shape index (κ1) is 40.2. The third-order valence-corrected chi connectivity index (χ3v) is 10.2. The number of carbonyl (C=O) groups excluding carboxylic acids is 4. The minimum atomic E-state index is -3.73. The average Bonchev–Trinajstić information content (AvgIpc) is 3.58. The zero-order valence-corrected chi connectivity index (χ0v) is 31.6. The molecule has 1 heterocycles. The molecule has 50 heavy (non-hydrogen) atoms. The average molecular weight is 727 g/mol. The topological polar surface area (TPSA) is 166 Å². The van der Waals surface area contributed by atoms with Crippen LogP contribution in [0, 0.1) is 5.92 Å². The number of nitrogens with one attached hydrogen (secondary N) is 5. The summed E-state index contributed by atoms with van der Waals surface area (Å²) in [5.74, 6) is -1.76. The minimum Gasteiger partial charge on any atom is -0.355 e. The first-order valence-electron chi connectivity index (χ1n) is 16.5. The molecule has 0 bridgehead atoms. The van der Waals surface area contributed by atoms with E-state index in [0.29, 0.717) is 13.0 Å². The van der Waals surface area contributed by atoms with Gasteiger partial charge >= 0.3 is 0 Å². The molecule has 5 N–H and O–H groups in total. The Morgan fingerprint density at radius 2 is 1.54 bits per heavy atom. The van der Waals surface area contributed by atoms with Crippen LogP contribution in [0.25, 0.3) is 0 Å². The number of sulfonamides is 1. The Morgan fingerprint density at radius 1 is 0.900 bits per heavy atom. The van der Waals surface area contributed by atoms with Crippen molar-refractivity contribution in [2.45, 2.75) is 71.6 Å². The van der Waals surface area contributed by atoms with Crippen molar-refractivity contribution in [1.29, 1.82) is 0 Å². The lowest BCUT2D eigenvalue weighted by Crippen LogP contribution is -2.55. The molecule has 1 aromatic heterocycles. The number of amides is 4. The van der Waals surface area contributed by atoms with Crippen LogP contribution in [0.15, 0.2) is 65.4 Å². The number of carbonyl (C=O) groups is 4. The Hall–Kier alpha value is -4.27. The molecule has 0 spiro atoms.